The van der Waals surface area contributed by atoms with E-state index in [0.717, 1.165) is 16.8 Å². The van der Waals surface area contributed by atoms with Gasteiger partial charge in [0, 0.05) is 5.56 Å². The number of fused-ring (bicyclic) bond motifs is 1. The molecule has 0 unspecified atom stereocenters. The van der Waals surface area contributed by atoms with Gasteiger partial charge in [-0.3, -0.25) is 0 Å². The number of carbonyl (C=O) groups is 1. The number of carboxylic acid groups (broad SMARTS) is 1. The van der Waals surface area contributed by atoms with Gasteiger partial charge in [-0.1, -0.05) is 29.3 Å². The van der Waals surface area contributed by atoms with Crippen LogP contribution in [0.3, 0.4) is 0 Å². The quantitative estimate of drug-likeness (QED) is 0.756. The predicted molar refractivity (Wildman–Crippen MR) is 80.4 cm³/mol. The lowest BCUT2D eigenvalue weighted by Gasteiger charge is -2.08. The summed E-state index contributed by atoms with van der Waals surface area (Å²) < 4.78 is 27.3. The normalized spacial score (nSPS) is 11.3. The summed E-state index contributed by atoms with van der Waals surface area (Å²) in [5, 5.41) is 13.3. The molecule has 0 aliphatic heterocycles. The van der Waals surface area contributed by atoms with Crippen molar-refractivity contribution < 1.29 is 18.7 Å². The molecule has 0 saturated carbocycles. The molecule has 0 bridgehead atoms. The third kappa shape index (κ3) is 2.73. The number of alkyl halides is 2. The number of nitrogens with zero attached hydrogens (tertiary/aromatic N) is 3. The average Bonchev–Trinajstić information content (AvgIpc) is 2.92. The first-order valence-electron chi connectivity index (χ1n) is 6.24. The van der Waals surface area contributed by atoms with Crippen molar-refractivity contribution in [1.29, 1.82) is 0 Å². The van der Waals surface area contributed by atoms with Gasteiger partial charge in [-0.2, -0.15) is 5.10 Å². The van der Waals surface area contributed by atoms with E-state index < -0.39 is 18.1 Å². The number of halogens is 4. The van der Waals surface area contributed by atoms with Crippen LogP contribution in [0.25, 0.3) is 16.9 Å². The Morgan fingerprint density at radius 3 is 2.57 bits per heavy atom. The Bertz CT molecular complexity index is 928. The maximum Gasteiger partial charge on any atom is 0.341 e. The van der Waals surface area contributed by atoms with Crippen LogP contribution in [0.2, 0.25) is 10.0 Å². The van der Waals surface area contributed by atoms with Gasteiger partial charge in [-0.05, 0) is 18.2 Å². The Kier molecular flexibility index (Phi) is 3.91. The second kappa shape index (κ2) is 5.75. The average molecular weight is 358 g/mol. The number of carboxylic acids is 1. The summed E-state index contributed by atoms with van der Waals surface area (Å²) in [5.74, 6) is -1.31. The first-order valence-corrected chi connectivity index (χ1v) is 6.99. The molecule has 1 aromatic carbocycles. The summed E-state index contributed by atoms with van der Waals surface area (Å²) in [6.07, 6.45) is -1.88. The lowest BCUT2D eigenvalue weighted by molar-refractivity contribution is 0.0698. The van der Waals surface area contributed by atoms with Crippen LogP contribution in [0.4, 0.5) is 8.78 Å². The van der Waals surface area contributed by atoms with Crippen molar-refractivity contribution in [2.75, 3.05) is 0 Å². The summed E-state index contributed by atoms with van der Waals surface area (Å²) in [4.78, 5) is 15.3. The minimum absolute atomic E-state index is 0.148. The van der Waals surface area contributed by atoms with Crippen LogP contribution < -0.4 is 0 Å². The van der Waals surface area contributed by atoms with Crippen molar-refractivity contribution >= 4 is 34.8 Å². The van der Waals surface area contributed by atoms with E-state index in [9.17, 15) is 13.6 Å². The van der Waals surface area contributed by atoms with Crippen LogP contribution in [-0.2, 0) is 0 Å². The topological polar surface area (TPSA) is 67.5 Å². The van der Waals surface area contributed by atoms with Crippen molar-refractivity contribution in [1.82, 2.24) is 14.6 Å². The SMILES string of the molecule is O=C(O)c1cnn2c(C(F)F)cc(-c3ccc(Cl)c(Cl)c3)nc12. The van der Waals surface area contributed by atoms with Gasteiger partial charge in [0.15, 0.2) is 5.65 Å². The van der Waals surface area contributed by atoms with Crippen LogP contribution >= 0.6 is 23.2 Å². The molecule has 0 fully saturated rings. The summed E-state index contributed by atoms with van der Waals surface area (Å²) in [6.45, 7) is 0. The zero-order valence-electron chi connectivity index (χ0n) is 11.2. The fourth-order valence-corrected chi connectivity index (χ4v) is 2.39. The molecule has 1 N–H and O–H groups in total. The minimum atomic E-state index is -2.86. The second-order valence-corrected chi connectivity index (χ2v) is 5.41. The van der Waals surface area contributed by atoms with Crippen LogP contribution in [0, 0.1) is 0 Å². The molecule has 0 saturated heterocycles. The van der Waals surface area contributed by atoms with Crippen molar-refractivity contribution in [3.05, 3.63) is 51.8 Å². The van der Waals surface area contributed by atoms with Gasteiger partial charge < -0.3 is 5.11 Å². The fourth-order valence-electron chi connectivity index (χ4n) is 2.10. The Balaban J connectivity index is 2.30. The zero-order valence-corrected chi connectivity index (χ0v) is 12.7. The van der Waals surface area contributed by atoms with Gasteiger partial charge in [0.05, 0.1) is 21.9 Å². The van der Waals surface area contributed by atoms with Gasteiger partial charge in [0.2, 0.25) is 0 Å². The molecule has 9 heteroatoms. The highest BCUT2D eigenvalue weighted by Gasteiger charge is 2.21. The lowest BCUT2D eigenvalue weighted by atomic mass is 10.1. The molecule has 3 aromatic rings. The lowest BCUT2D eigenvalue weighted by Crippen LogP contribution is -2.04. The molecular weight excluding hydrogens is 351 g/mol. The largest absolute Gasteiger partial charge is 0.477 e. The van der Waals surface area contributed by atoms with Gasteiger partial charge in [0.25, 0.3) is 6.43 Å². The molecule has 0 radical (unpaired) electrons. The molecule has 2 aromatic heterocycles. The smallest absolute Gasteiger partial charge is 0.341 e. The van der Waals surface area contributed by atoms with E-state index in [-0.39, 0.29) is 21.9 Å². The van der Waals surface area contributed by atoms with Crippen molar-refractivity contribution in [3.8, 4) is 11.3 Å². The summed E-state index contributed by atoms with van der Waals surface area (Å²) in [6, 6.07) is 5.66. The summed E-state index contributed by atoms with van der Waals surface area (Å²) in [5.41, 5.74) is -0.329. The van der Waals surface area contributed by atoms with E-state index in [2.05, 4.69) is 10.1 Å². The summed E-state index contributed by atoms with van der Waals surface area (Å²) in [7, 11) is 0. The Labute approximate surface area is 138 Å². The highest BCUT2D eigenvalue weighted by Crippen LogP contribution is 2.30. The van der Waals surface area contributed by atoms with E-state index in [1.165, 1.54) is 12.1 Å². The number of aromatic nitrogens is 3. The van der Waals surface area contributed by atoms with Crippen molar-refractivity contribution in [2.24, 2.45) is 0 Å². The zero-order chi connectivity index (χ0) is 16.7. The van der Waals surface area contributed by atoms with Gasteiger partial charge in [0.1, 0.15) is 11.3 Å². The number of aromatic carboxylic acids is 1. The molecule has 23 heavy (non-hydrogen) atoms. The molecule has 0 spiro atoms. The Morgan fingerprint density at radius 1 is 1.22 bits per heavy atom. The van der Waals surface area contributed by atoms with Crippen molar-refractivity contribution in [3.63, 3.8) is 0 Å². The maximum atomic E-state index is 13.3. The molecule has 3 rings (SSSR count). The highest BCUT2D eigenvalue weighted by atomic mass is 35.5. The van der Waals surface area contributed by atoms with Crippen LogP contribution in [0.5, 0.6) is 0 Å². The standard InChI is InChI=1S/C14H7Cl2F2N3O2/c15-8-2-1-6(3-9(8)16)10-4-11(12(17)18)21-13(20-10)7(5-19-21)14(22)23/h1-5,12H,(H,22,23). The molecule has 0 aliphatic carbocycles. The molecule has 0 amide bonds. The third-order valence-electron chi connectivity index (χ3n) is 3.17. The summed E-state index contributed by atoms with van der Waals surface area (Å²) >= 11 is 11.8. The van der Waals surface area contributed by atoms with Crippen LogP contribution in [0.15, 0.2) is 30.5 Å². The first-order chi connectivity index (χ1) is 10.9. The number of benzene rings is 1. The monoisotopic (exact) mass is 357 g/mol. The second-order valence-electron chi connectivity index (χ2n) is 4.59. The van der Waals surface area contributed by atoms with E-state index in [4.69, 9.17) is 28.3 Å². The Hall–Kier alpha value is -2.25. The molecular formula is C14H7Cl2F2N3O2. The highest BCUT2D eigenvalue weighted by molar-refractivity contribution is 6.42. The number of rotatable bonds is 3. The van der Waals surface area contributed by atoms with E-state index in [0.29, 0.717) is 10.6 Å². The molecule has 2 heterocycles. The molecule has 0 atom stereocenters. The van der Waals surface area contributed by atoms with E-state index >= 15 is 0 Å². The minimum Gasteiger partial charge on any atom is -0.477 e. The first kappa shape index (κ1) is 15.6. The van der Waals surface area contributed by atoms with Gasteiger partial charge in [-0.25, -0.2) is 23.1 Å². The van der Waals surface area contributed by atoms with Crippen LogP contribution in [-0.4, -0.2) is 25.7 Å². The molecule has 0 aliphatic rings. The Morgan fingerprint density at radius 2 is 1.96 bits per heavy atom. The van der Waals surface area contributed by atoms with E-state index in [1.807, 2.05) is 0 Å². The maximum absolute atomic E-state index is 13.3. The fraction of sp³-hybridized carbons (Fsp3) is 0.0714. The molecule has 5 nitrogen and oxygen atoms in total. The number of hydrogen-bond acceptors (Lipinski definition) is 3. The van der Waals surface area contributed by atoms with Gasteiger partial charge >= 0.3 is 5.97 Å². The van der Waals surface area contributed by atoms with Gasteiger partial charge in [-0.15, -0.1) is 0 Å². The molecule has 118 valence electrons. The van der Waals surface area contributed by atoms with Crippen LogP contribution in [0.1, 0.15) is 22.5 Å². The number of hydrogen-bond donors (Lipinski definition) is 1. The van der Waals surface area contributed by atoms with E-state index in [1.54, 1.807) is 6.07 Å². The predicted octanol–water partition coefficient (Wildman–Crippen LogP) is 4.34. The third-order valence-corrected chi connectivity index (χ3v) is 3.91. The van der Waals surface area contributed by atoms with Crippen molar-refractivity contribution in [2.45, 2.75) is 6.43 Å².